The minimum atomic E-state index is -0.168. The van der Waals surface area contributed by atoms with E-state index in [1.54, 1.807) is 36.6 Å². The van der Waals surface area contributed by atoms with Gasteiger partial charge in [0.2, 0.25) is 5.91 Å². The number of anilines is 1. The standard InChI is InChI=1S/C17H18N4OS/c1-3-13-6-4-7-14(10-13)21-16(22)12-20-17(18-2)19-11-15-8-5-9-23-15/h1,4-10H,11-12H2,2H3,(H,21,22)(H2,18,19,20). The van der Waals surface area contributed by atoms with E-state index in [-0.39, 0.29) is 12.5 Å². The van der Waals surface area contributed by atoms with Crippen molar-refractivity contribution in [2.45, 2.75) is 6.54 Å². The average Bonchev–Trinajstić information content (AvgIpc) is 3.08. The number of hydrogen-bond donors (Lipinski definition) is 3. The number of terminal acetylenes is 1. The van der Waals surface area contributed by atoms with Gasteiger partial charge in [0.25, 0.3) is 0 Å². The molecule has 0 saturated carbocycles. The van der Waals surface area contributed by atoms with Crippen molar-refractivity contribution in [3.63, 3.8) is 0 Å². The number of thiophene rings is 1. The Kier molecular flexibility index (Phi) is 6.21. The molecule has 1 aromatic carbocycles. The smallest absolute Gasteiger partial charge is 0.243 e. The van der Waals surface area contributed by atoms with Gasteiger partial charge in [-0.15, -0.1) is 17.8 Å². The molecule has 5 nitrogen and oxygen atoms in total. The Morgan fingerprint density at radius 2 is 2.17 bits per heavy atom. The monoisotopic (exact) mass is 326 g/mol. The molecule has 1 aromatic heterocycles. The average molecular weight is 326 g/mol. The number of rotatable bonds is 5. The summed E-state index contributed by atoms with van der Waals surface area (Å²) in [4.78, 5) is 17.2. The van der Waals surface area contributed by atoms with Gasteiger partial charge in [0.1, 0.15) is 0 Å². The van der Waals surface area contributed by atoms with Crippen molar-refractivity contribution in [3.05, 3.63) is 52.2 Å². The Balaban J connectivity index is 1.79. The molecule has 0 aliphatic heterocycles. The lowest BCUT2D eigenvalue weighted by Crippen LogP contribution is -2.40. The fourth-order valence-corrected chi connectivity index (χ4v) is 2.51. The maximum atomic E-state index is 12.0. The molecule has 118 valence electrons. The highest BCUT2D eigenvalue weighted by molar-refractivity contribution is 7.09. The first kappa shape index (κ1) is 16.6. The van der Waals surface area contributed by atoms with Crippen LogP contribution >= 0.6 is 11.3 Å². The third kappa shape index (κ3) is 5.49. The quantitative estimate of drug-likeness (QED) is 0.447. The Bertz CT molecular complexity index is 716. The highest BCUT2D eigenvalue weighted by atomic mass is 32.1. The number of carbonyl (C=O) groups excluding carboxylic acids is 1. The molecule has 1 heterocycles. The maximum Gasteiger partial charge on any atom is 0.243 e. The number of carbonyl (C=O) groups is 1. The van der Waals surface area contributed by atoms with E-state index in [0.717, 1.165) is 5.56 Å². The van der Waals surface area contributed by atoms with E-state index in [1.807, 2.05) is 23.6 Å². The van der Waals surface area contributed by atoms with Crippen LogP contribution in [0, 0.1) is 12.3 Å². The lowest BCUT2D eigenvalue weighted by molar-refractivity contribution is -0.115. The molecular formula is C17H18N4OS. The van der Waals surface area contributed by atoms with E-state index >= 15 is 0 Å². The number of nitrogens with one attached hydrogen (secondary N) is 3. The molecule has 6 heteroatoms. The molecule has 0 radical (unpaired) electrons. The van der Waals surface area contributed by atoms with Crippen LogP contribution in [0.1, 0.15) is 10.4 Å². The Labute approximate surface area is 139 Å². The van der Waals surface area contributed by atoms with Gasteiger partial charge in [-0.25, -0.2) is 0 Å². The highest BCUT2D eigenvalue weighted by Crippen LogP contribution is 2.09. The van der Waals surface area contributed by atoms with Crippen molar-refractivity contribution in [2.24, 2.45) is 4.99 Å². The van der Waals surface area contributed by atoms with Crippen molar-refractivity contribution in [3.8, 4) is 12.3 Å². The summed E-state index contributed by atoms with van der Waals surface area (Å²) in [6, 6.07) is 11.2. The zero-order valence-corrected chi connectivity index (χ0v) is 13.6. The molecule has 0 spiro atoms. The van der Waals surface area contributed by atoms with E-state index in [1.165, 1.54) is 4.88 Å². The number of hydrogen-bond acceptors (Lipinski definition) is 3. The summed E-state index contributed by atoms with van der Waals surface area (Å²) in [5.41, 5.74) is 1.40. The van der Waals surface area contributed by atoms with Gasteiger partial charge in [0, 0.05) is 23.2 Å². The van der Waals surface area contributed by atoms with E-state index in [4.69, 9.17) is 6.42 Å². The molecule has 3 N–H and O–H groups in total. The van der Waals surface area contributed by atoms with E-state index in [0.29, 0.717) is 18.2 Å². The second kappa shape index (κ2) is 8.61. The zero-order valence-electron chi connectivity index (χ0n) is 12.8. The second-order valence-electron chi connectivity index (χ2n) is 4.63. The highest BCUT2D eigenvalue weighted by Gasteiger charge is 2.05. The topological polar surface area (TPSA) is 65.5 Å². The Hall–Kier alpha value is -2.78. The molecule has 0 fully saturated rings. The predicted octanol–water partition coefficient (Wildman–Crippen LogP) is 2.03. The summed E-state index contributed by atoms with van der Waals surface area (Å²) in [6.45, 7) is 0.785. The van der Waals surface area contributed by atoms with Crippen molar-refractivity contribution in [1.82, 2.24) is 10.6 Å². The van der Waals surface area contributed by atoms with Gasteiger partial charge in [0.15, 0.2) is 5.96 Å². The van der Waals surface area contributed by atoms with Crippen LogP contribution in [-0.4, -0.2) is 25.5 Å². The predicted molar refractivity (Wildman–Crippen MR) is 95.5 cm³/mol. The molecule has 23 heavy (non-hydrogen) atoms. The van der Waals surface area contributed by atoms with Crippen molar-refractivity contribution >= 4 is 28.9 Å². The van der Waals surface area contributed by atoms with Gasteiger partial charge in [-0.05, 0) is 29.6 Å². The van der Waals surface area contributed by atoms with Crippen LogP contribution in [0.3, 0.4) is 0 Å². The van der Waals surface area contributed by atoms with Crippen LogP contribution in [0.2, 0.25) is 0 Å². The Morgan fingerprint density at radius 1 is 1.30 bits per heavy atom. The lowest BCUT2D eigenvalue weighted by Gasteiger charge is -2.11. The third-order valence-electron chi connectivity index (χ3n) is 2.96. The SMILES string of the molecule is C#Cc1cccc(NC(=O)CNC(=NC)NCc2cccs2)c1. The summed E-state index contributed by atoms with van der Waals surface area (Å²) >= 11 is 1.66. The second-order valence-corrected chi connectivity index (χ2v) is 5.66. The summed E-state index contributed by atoms with van der Waals surface area (Å²) in [6.07, 6.45) is 5.34. The summed E-state index contributed by atoms with van der Waals surface area (Å²) in [7, 11) is 1.66. The number of benzene rings is 1. The summed E-state index contributed by atoms with van der Waals surface area (Å²) in [5.74, 6) is 2.94. The lowest BCUT2D eigenvalue weighted by atomic mass is 10.2. The number of amides is 1. The largest absolute Gasteiger partial charge is 0.352 e. The molecule has 2 rings (SSSR count). The van der Waals surface area contributed by atoms with E-state index in [2.05, 4.69) is 26.9 Å². The molecule has 0 bridgehead atoms. The first-order chi connectivity index (χ1) is 11.2. The molecule has 0 atom stereocenters. The van der Waals surface area contributed by atoms with Gasteiger partial charge in [-0.1, -0.05) is 18.1 Å². The van der Waals surface area contributed by atoms with Crippen LogP contribution in [-0.2, 0) is 11.3 Å². The molecule has 2 aromatic rings. The van der Waals surface area contributed by atoms with Gasteiger partial charge in [0.05, 0.1) is 13.1 Å². The van der Waals surface area contributed by atoms with Crippen LogP contribution in [0.25, 0.3) is 0 Å². The zero-order chi connectivity index (χ0) is 16.5. The van der Waals surface area contributed by atoms with Gasteiger partial charge >= 0.3 is 0 Å². The van der Waals surface area contributed by atoms with Crippen LogP contribution in [0.4, 0.5) is 5.69 Å². The number of nitrogens with zero attached hydrogens (tertiary/aromatic N) is 1. The van der Waals surface area contributed by atoms with Crippen molar-refractivity contribution in [1.29, 1.82) is 0 Å². The van der Waals surface area contributed by atoms with Gasteiger partial charge in [-0.2, -0.15) is 0 Å². The third-order valence-corrected chi connectivity index (χ3v) is 3.84. The van der Waals surface area contributed by atoms with Crippen LogP contribution in [0.15, 0.2) is 46.8 Å². The summed E-state index contributed by atoms with van der Waals surface area (Å²) in [5, 5.41) is 10.9. The van der Waals surface area contributed by atoms with E-state index < -0.39 is 0 Å². The minimum Gasteiger partial charge on any atom is -0.352 e. The van der Waals surface area contributed by atoms with Gasteiger partial charge < -0.3 is 16.0 Å². The fourth-order valence-electron chi connectivity index (χ4n) is 1.86. The molecule has 1 amide bonds. The van der Waals surface area contributed by atoms with Crippen LogP contribution in [0.5, 0.6) is 0 Å². The number of aliphatic imine (C=N–C) groups is 1. The fraction of sp³-hybridized carbons (Fsp3) is 0.176. The van der Waals surface area contributed by atoms with Crippen molar-refractivity contribution in [2.75, 3.05) is 18.9 Å². The normalized spacial score (nSPS) is 10.7. The Morgan fingerprint density at radius 3 is 2.87 bits per heavy atom. The summed E-state index contributed by atoms with van der Waals surface area (Å²) < 4.78 is 0. The molecule has 0 aliphatic carbocycles. The molecular weight excluding hydrogens is 308 g/mol. The first-order valence-corrected chi connectivity index (χ1v) is 7.92. The number of guanidine groups is 1. The van der Waals surface area contributed by atoms with Crippen LogP contribution < -0.4 is 16.0 Å². The minimum absolute atomic E-state index is 0.115. The molecule has 0 unspecified atom stereocenters. The first-order valence-electron chi connectivity index (χ1n) is 7.04. The van der Waals surface area contributed by atoms with Crippen molar-refractivity contribution < 1.29 is 4.79 Å². The molecule has 0 aliphatic rings. The van der Waals surface area contributed by atoms with Gasteiger partial charge in [-0.3, -0.25) is 9.79 Å². The molecule has 0 saturated heterocycles. The van der Waals surface area contributed by atoms with E-state index in [9.17, 15) is 4.79 Å². The maximum absolute atomic E-state index is 12.0.